The van der Waals surface area contributed by atoms with Crippen LogP contribution < -0.4 is 10.2 Å². The first-order valence-corrected chi connectivity index (χ1v) is 7.95. The van der Waals surface area contributed by atoms with E-state index < -0.39 is 0 Å². The van der Waals surface area contributed by atoms with E-state index in [-0.39, 0.29) is 22.4 Å². The first kappa shape index (κ1) is 14.2. The van der Waals surface area contributed by atoms with E-state index in [1.54, 1.807) is 6.07 Å². The van der Waals surface area contributed by atoms with Crippen molar-refractivity contribution >= 4 is 17.3 Å². The highest BCUT2D eigenvalue weighted by atomic mass is 35.5. The lowest BCUT2D eigenvalue weighted by Gasteiger charge is -2.50. The molecule has 2 fully saturated rings. The Hall–Kier alpha value is -0.800. The van der Waals surface area contributed by atoms with E-state index in [9.17, 15) is 4.39 Å². The molecule has 1 unspecified atom stereocenters. The first-order chi connectivity index (χ1) is 9.61. The van der Waals surface area contributed by atoms with Gasteiger partial charge >= 0.3 is 0 Å². The number of nitrogens with zero attached hydrogens (tertiary/aromatic N) is 1. The van der Waals surface area contributed by atoms with Gasteiger partial charge in [-0.3, -0.25) is 0 Å². The molecule has 2 nitrogen and oxygen atoms in total. The third-order valence-corrected chi connectivity index (χ3v) is 5.12. The van der Waals surface area contributed by atoms with Gasteiger partial charge in [-0.1, -0.05) is 36.9 Å². The highest BCUT2D eigenvalue weighted by Crippen LogP contribution is 2.35. The van der Waals surface area contributed by atoms with Crippen LogP contribution in [-0.4, -0.2) is 24.7 Å². The van der Waals surface area contributed by atoms with Gasteiger partial charge in [-0.15, -0.1) is 0 Å². The molecule has 1 aromatic carbocycles. The maximum atomic E-state index is 14.3. The summed E-state index contributed by atoms with van der Waals surface area (Å²) < 4.78 is 14.3. The summed E-state index contributed by atoms with van der Waals surface area (Å²) in [5.41, 5.74) is 0.816. The highest BCUT2D eigenvalue weighted by Gasteiger charge is 2.39. The van der Waals surface area contributed by atoms with Crippen LogP contribution in [0.3, 0.4) is 0 Å². The smallest absolute Gasteiger partial charge is 0.165 e. The summed E-state index contributed by atoms with van der Waals surface area (Å²) in [6, 6.07) is 5.59. The molecule has 1 saturated carbocycles. The van der Waals surface area contributed by atoms with Crippen LogP contribution in [0, 0.1) is 5.82 Å². The van der Waals surface area contributed by atoms with E-state index in [1.807, 2.05) is 12.1 Å². The standard InChI is InChI=1S/C16H22ClFN2/c1-12-10-19-16(8-3-2-4-9-16)11-20(12)14-7-5-6-13(17)15(14)18/h5-7,12,19H,2-4,8-11H2,1H3. The second kappa shape index (κ2) is 5.53. The van der Waals surface area contributed by atoms with Crippen molar-refractivity contribution in [2.75, 3.05) is 18.0 Å². The molecule has 1 aliphatic carbocycles. The Morgan fingerprint density at radius 1 is 1.30 bits per heavy atom. The van der Waals surface area contributed by atoms with Crippen molar-refractivity contribution < 1.29 is 4.39 Å². The van der Waals surface area contributed by atoms with Gasteiger partial charge in [-0.05, 0) is 31.9 Å². The van der Waals surface area contributed by atoms with Crippen molar-refractivity contribution in [3.63, 3.8) is 0 Å². The summed E-state index contributed by atoms with van der Waals surface area (Å²) in [6.45, 7) is 3.93. The minimum absolute atomic E-state index is 0.166. The van der Waals surface area contributed by atoms with Crippen LogP contribution in [0.15, 0.2) is 18.2 Å². The molecule has 3 rings (SSSR count). The fraction of sp³-hybridized carbons (Fsp3) is 0.625. The molecule has 4 heteroatoms. The van der Waals surface area contributed by atoms with E-state index in [0.717, 1.165) is 13.1 Å². The lowest BCUT2D eigenvalue weighted by Crippen LogP contribution is -2.64. The van der Waals surface area contributed by atoms with Crippen molar-refractivity contribution in [2.45, 2.75) is 50.6 Å². The Bertz CT molecular complexity index is 485. The quantitative estimate of drug-likeness (QED) is 0.843. The molecule has 1 saturated heterocycles. The van der Waals surface area contributed by atoms with Crippen molar-refractivity contribution in [3.05, 3.63) is 29.0 Å². The Morgan fingerprint density at radius 2 is 2.05 bits per heavy atom. The van der Waals surface area contributed by atoms with Crippen molar-refractivity contribution in [1.82, 2.24) is 5.32 Å². The predicted molar refractivity (Wildman–Crippen MR) is 82.0 cm³/mol. The van der Waals surface area contributed by atoms with Crippen molar-refractivity contribution in [2.24, 2.45) is 0 Å². The normalized spacial score (nSPS) is 25.9. The average molecular weight is 297 g/mol. The zero-order valence-electron chi connectivity index (χ0n) is 12.0. The van der Waals surface area contributed by atoms with Gasteiger partial charge in [0.2, 0.25) is 0 Å². The number of halogens is 2. The molecule has 2 aliphatic rings. The number of piperazine rings is 1. The zero-order chi connectivity index (χ0) is 14.2. The van der Waals surface area contributed by atoms with Gasteiger partial charge in [0.05, 0.1) is 10.7 Å². The molecule has 110 valence electrons. The third kappa shape index (κ3) is 2.53. The average Bonchev–Trinajstić information content (AvgIpc) is 2.46. The van der Waals surface area contributed by atoms with Gasteiger partial charge in [-0.25, -0.2) is 4.39 Å². The number of benzene rings is 1. The second-order valence-electron chi connectivity index (χ2n) is 6.27. The Morgan fingerprint density at radius 3 is 2.80 bits per heavy atom. The summed E-state index contributed by atoms with van der Waals surface area (Å²) in [5, 5.41) is 3.93. The lowest BCUT2D eigenvalue weighted by atomic mass is 9.79. The minimum Gasteiger partial charge on any atom is -0.363 e. The molecule has 0 amide bonds. The van der Waals surface area contributed by atoms with Crippen LogP contribution in [0.4, 0.5) is 10.1 Å². The summed E-state index contributed by atoms with van der Waals surface area (Å²) in [4.78, 5) is 2.20. The van der Waals surface area contributed by atoms with Gasteiger partial charge in [0, 0.05) is 24.7 Å². The maximum Gasteiger partial charge on any atom is 0.165 e. The maximum absolute atomic E-state index is 14.3. The van der Waals surface area contributed by atoms with E-state index in [0.29, 0.717) is 5.69 Å². The minimum atomic E-state index is -0.283. The number of rotatable bonds is 1. The molecule has 1 N–H and O–H groups in total. The van der Waals surface area contributed by atoms with E-state index in [1.165, 1.54) is 32.1 Å². The van der Waals surface area contributed by atoms with Crippen LogP contribution in [0.25, 0.3) is 0 Å². The van der Waals surface area contributed by atoms with Gasteiger partial charge in [-0.2, -0.15) is 0 Å². The predicted octanol–water partition coefficient (Wildman–Crippen LogP) is 3.98. The molecule has 0 bridgehead atoms. The molecule has 0 aromatic heterocycles. The molecule has 1 aliphatic heterocycles. The molecular weight excluding hydrogens is 275 g/mol. The molecule has 0 radical (unpaired) electrons. The monoisotopic (exact) mass is 296 g/mol. The van der Waals surface area contributed by atoms with E-state index >= 15 is 0 Å². The molecule has 20 heavy (non-hydrogen) atoms. The molecule has 1 spiro atoms. The number of nitrogens with one attached hydrogen (secondary N) is 1. The molecule has 1 atom stereocenters. The Labute approximate surface area is 125 Å². The number of hydrogen-bond donors (Lipinski definition) is 1. The zero-order valence-corrected chi connectivity index (χ0v) is 12.7. The summed E-state index contributed by atoms with van der Waals surface area (Å²) in [6.07, 6.45) is 6.25. The highest BCUT2D eigenvalue weighted by molar-refractivity contribution is 6.31. The Kier molecular flexibility index (Phi) is 3.91. The molecule has 1 heterocycles. The fourth-order valence-electron chi connectivity index (χ4n) is 3.61. The Balaban J connectivity index is 1.88. The van der Waals surface area contributed by atoms with Crippen molar-refractivity contribution in [3.8, 4) is 0 Å². The second-order valence-corrected chi connectivity index (χ2v) is 6.68. The van der Waals surface area contributed by atoms with Gasteiger partial charge in [0.15, 0.2) is 5.82 Å². The largest absolute Gasteiger partial charge is 0.363 e. The molecule has 1 aromatic rings. The summed E-state index contributed by atoms with van der Waals surface area (Å²) in [5.74, 6) is -0.283. The fourth-order valence-corrected chi connectivity index (χ4v) is 3.78. The van der Waals surface area contributed by atoms with Crippen LogP contribution >= 0.6 is 11.6 Å². The summed E-state index contributed by atoms with van der Waals surface area (Å²) >= 11 is 5.94. The lowest BCUT2D eigenvalue weighted by molar-refractivity contribution is 0.200. The van der Waals surface area contributed by atoms with Crippen LogP contribution in [0.1, 0.15) is 39.0 Å². The third-order valence-electron chi connectivity index (χ3n) is 4.83. The van der Waals surface area contributed by atoms with Crippen LogP contribution in [-0.2, 0) is 0 Å². The van der Waals surface area contributed by atoms with Gasteiger partial charge in [0.25, 0.3) is 0 Å². The van der Waals surface area contributed by atoms with Gasteiger partial charge in [0.1, 0.15) is 0 Å². The van der Waals surface area contributed by atoms with Crippen molar-refractivity contribution in [1.29, 1.82) is 0 Å². The van der Waals surface area contributed by atoms with E-state index in [4.69, 9.17) is 11.6 Å². The number of anilines is 1. The molecular formula is C16H22ClFN2. The number of hydrogen-bond acceptors (Lipinski definition) is 2. The first-order valence-electron chi connectivity index (χ1n) is 7.57. The van der Waals surface area contributed by atoms with Crippen LogP contribution in [0.2, 0.25) is 5.02 Å². The summed E-state index contributed by atoms with van der Waals surface area (Å²) in [7, 11) is 0. The SMILES string of the molecule is CC1CNC2(CCCCC2)CN1c1cccc(Cl)c1F. The topological polar surface area (TPSA) is 15.3 Å². The van der Waals surface area contributed by atoms with Crippen LogP contribution in [0.5, 0.6) is 0 Å². The van der Waals surface area contributed by atoms with Gasteiger partial charge < -0.3 is 10.2 Å². The van der Waals surface area contributed by atoms with E-state index in [2.05, 4.69) is 17.1 Å².